The molecule has 3 heteroatoms. The van der Waals surface area contributed by atoms with Gasteiger partial charge in [0.15, 0.2) is 0 Å². The summed E-state index contributed by atoms with van der Waals surface area (Å²) in [4.78, 5) is 0. The molecule has 2 heterocycles. The molecule has 102 valence electrons. The monoisotopic (exact) mass is 252 g/mol. The van der Waals surface area contributed by atoms with Crippen LogP contribution in [0.15, 0.2) is 11.3 Å². The molecule has 0 saturated carbocycles. The summed E-state index contributed by atoms with van der Waals surface area (Å²) >= 11 is 0. The first kappa shape index (κ1) is 12.6. The molecule has 5 N–H and O–H groups in total. The molecule has 18 heavy (non-hydrogen) atoms. The average molecular weight is 252 g/mol. The first-order valence-corrected chi connectivity index (χ1v) is 7.92. The van der Waals surface area contributed by atoms with Crippen molar-refractivity contribution in [2.24, 2.45) is 11.8 Å². The molecule has 2 aliphatic heterocycles. The Balaban J connectivity index is 1.83. The SMILES string of the molecule is O[C@H]1C2=C([NH2+]CCC2)[C@H]2C[NH2+]CCCCC[C@@H]1C2. The number of quaternary nitrogens is 2. The van der Waals surface area contributed by atoms with Crippen molar-refractivity contribution in [2.75, 3.05) is 19.6 Å². The molecule has 2 bridgehead atoms. The number of aliphatic hydroxyl groups is 1. The Hall–Kier alpha value is -0.380. The van der Waals surface area contributed by atoms with Gasteiger partial charge in [0.1, 0.15) is 5.70 Å². The minimum atomic E-state index is -0.118. The van der Waals surface area contributed by atoms with Gasteiger partial charge in [-0.25, -0.2) is 0 Å². The molecule has 3 atom stereocenters. The Morgan fingerprint density at radius 2 is 2.00 bits per heavy atom. The normalized spacial score (nSPS) is 38.2. The van der Waals surface area contributed by atoms with E-state index in [2.05, 4.69) is 10.6 Å². The van der Waals surface area contributed by atoms with E-state index in [1.54, 1.807) is 5.70 Å². The van der Waals surface area contributed by atoms with E-state index in [4.69, 9.17) is 0 Å². The molecule has 1 aliphatic carbocycles. The van der Waals surface area contributed by atoms with E-state index in [0.717, 1.165) is 12.3 Å². The molecular formula is C15H28N2O+2. The van der Waals surface area contributed by atoms with Gasteiger partial charge in [-0.2, -0.15) is 0 Å². The molecule has 3 rings (SSSR count). The van der Waals surface area contributed by atoms with Crippen LogP contribution >= 0.6 is 0 Å². The Bertz CT molecular complexity index is 318. The third-order valence-electron chi connectivity index (χ3n) is 5.15. The van der Waals surface area contributed by atoms with Gasteiger partial charge in [-0.15, -0.1) is 0 Å². The van der Waals surface area contributed by atoms with Crippen LogP contribution < -0.4 is 10.6 Å². The fourth-order valence-electron chi connectivity index (χ4n) is 4.17. The third-order valence-corrected chi connectivity index (χ3v) is 5.15. The van der Waals surface area contributed by atoms with Crippen molar-refractivity contribution in [3.63, 3.8) is 0 Å². The zero-order valence-electron chi connectivity index (χ0n) is 11.4. The van der Waals surface area contributed by atoms with Crippen LogP contribution in [0, 0.1) is 11.8 Å². The predicted molar refractivity (Wildman–Crippen MR) is 70.8 cm³/mol. The van der Waals surface area contributed by atoms with E-state index < -0.39 is 0 Å². The van der Waals surface area contributed by atoms with Gasteiger partial charge in [0.05, 0.1) is 31.7 Å². The highest BCUT2D eigenvalue weighted by Gasteiger charge is 2.40. The number of aliphatic hydroxyl groups excluding tert-OH is 1. The molecule has 1 saturated heterocycles. The molecular weight excluding hydrogens is 224 g/mol. The summed E-state index contributed by atoms with van der Waals surface area (Å²) in [5.41, 5.74) is 2.96. The maximum atomic E-state index is 10.6. The predicted octanol–water partition coefficient (Wildman–Crippen LogP) is -0.268. The van der Waals surface area contributed by atoms with E-state index in [-0.39, 0.29) is 6.10 Å². The standard InChI is InChI=1S/C15H26N2O/c18-15-11-5-2-1-3-7-16-10-12(9-11)14-13(15)6-4-8-17-14/h11-12,15-18H,1-10H2/p+2/t11-,12-,15-/m1/s1. The van der Waals surface area contributed by atoms with E-state index >= 15 is 0 Å². The maximum Gasteiger partial charge on any atom is 0.116 e. The minimum absolute atomic E-state index is 0.118. The Morgan fingerprint density at radius 3 is 2.94 bits per heavy atom. The first-order valence-electron chi connectivity index (χ1n) is 7.92. The number of rotatable bonds is 0. The minimum Gasteiger partial charge on any atom is -0.388 e. The highest BCUT2D eigenvalue weighted by atomic mass is 16.3. The van der Waals surface area contributed by atoms with E-state index in [9.17, 15) is 5.11 Å². The smallest absolute Gasteiger partial charge is 0.116 e. The lowest BCUT2D eigenvalue weighted by Crippen LogP contribution is -2.90. The zero-order valence-corrected chi connectivity index (χ0v) is 11.4. The molecule has 3 aliphatic rings. The molecule has 0 aromatic carbocycles. The molecule has 0 unspecified atom stereocenters. The van der Waals surface area contributed by atoms with Crippen molar-refractivity contribution >= 4 is 0 Å². The van der Waals surface area contributed by atoms with Crippen LogP contribution in [0.3, 0.4) is 0 Å². The Kier molecular flexibility index (Phi) is 4.02. The maximum absolute atomic E-state index is 10.6. The summed E-state index contributed by atoms with van der Waals surface area (Å²) in [7, 11) is 0. The highest BCUT2D eigenvalue weighted by molar-refractivity contribution is 5.21. The highest BCUT2D eigenvalue weighted by Crippen LogP contribution is 2.36. The van der Waals surface area contributed by atoms with Gasteiger partial charge in [0.25, 0.3) is 0 Å². The van der Waals surface area contributed by atoms with Crippen molar-refractivity contribution in [2.45, 2.75) is 51.0 Å². The lowest BCUT2D eigenvalue weighted by atomic mass is 9.73. The number of hydrogen-bond acceptors (Lipinski definition) is 1. The second-order valence-corrected chi connectivity index (χ2v) is 6.38. The van der Waals surface area contributed by atoms with Crippen LogP contribution in [0.1, 0.15) is 44.9 Å². The lowest BCUT2D eigenvalue weighted by molar-refractivity contribution is -0.673. The number of fused-ring (bicyclic) bond motifs is 3. The molecule has 0 amide bonds. The van der Waals surface area contributed by atoms with Gasteiger partial charge >= 0.3 is 0 Å². The molecule has 0 radical (unpaired) electrons. The second kappa shape index (κ2) is 5.72. The van der Waals surface area contributed by atoms with Crippen molar-refractivity contribution in [1.82, 2.24) is 0 Å². The van der Waals surface area contributed by atoms with Crippen molar-refractivity contribution < 1.29 is 15.7 Å². The van der Waals surface area contributed by atoms with Crippen LogP contribution in [0.2, 0.25) is 0 Å². The number of hydrogen-bond donors (Lipinski definition) is 3. The molecule has 0 aromatic rings. The summed E-state index contributed by atoms with van der Waals surface area (Å²) < 4.78 is 0. The van der Waals surface area contributed by atoms with E-state index in [0.29, 0.717) is 5.92 Å². The summed E-state index contributed by atoms with van der Waals surface area (Å²) in [6.45, 7) is 3.78. The summed E-state index contributed by atoms with van der Waals surface area (Å²) in [6.07, 6.45) is 8.77. The third kappa shape index (κ3) is 2.49. The van der Waals surface area contributed by atoms with Crippen LogP contribution in [-0.2, 0) is 0 Å². The van der Waals surface area contributed by atoms with Gasteiger partial charge in [-0.05, 0) is 38.0 Å². The van der Waals surface area contributed by atoms with E-state index in [1.165, 1.54) is 63.7 Å². The quantitative estimate of drug-likeness (QED) is 0.546. The molecule has 1 fully saturated rings. The average Bonchev–Trinajstić information content (AvgIpc) is 2.42. The van der Waals surface area contributed by atoms with Crippen LogP contribution in [0.5, 0.6) is 0 Å². The Labute approximate surface area is 110 Å². The summed E-state index contributed by atoms with van der Waals surface area (Å²) in [5, 5.41) is 15.6. The molecule has 0 spiro atoms. The molecule has 3 nitrogen and oxygen atoms in total. The van der Waals surface area contributed by atoms with Gasteiger partial charge in [-0.1, -0.05) is 6.42 Å². The van der Waals surface area contributed by atoms with E-state index in [1.807, 2.05) is 0 Å². The van der Waals surface area contributed by atoms with Crippen molar-refractivity contribution in [1.29, 1.82) is 0 Å². The topological polar surface area (TPSA) is 53.5 Å². The van der Waals surface area contributed by atoms with Gasteiger partial charge in [0, 0.05) is 12.0 Å². The van der Waals surface area contributed by atoms with Crippen molar-refractivity contribution in [3.8, 4) is 0 Å². The Morgan fingerprint density at radius 1 is 1.06 bits per heavy atom. The summed E-state index contributed by atoms with van der Waals surface area (Å²) in [5.74, 6) is 1.28. The second-order valence-electron chi connectivity index (χ2n) is 6.38. The molecule has 0 aromatic heterocycles. The number of nitrogens with two attached hydrogens (primary N) is 2. The van der Waals surface area contributed by atoms with Crippen LogP contribution in [0.4, 0.5) is 0 Å². The van der Waals surface area contributed by atoms with Gasteiger partial charge < -0.3 is 15.7 Å². The zero-order chi connectivity index (χ0) is 12.4. The van der Waals surface area contributed by atoms with Crippen molar-refractivity contribution in [3.05, 3.63) is 11.3 Å². The van der Waals surface area contributed by atoms with Crippen LogP contribution in [-0.4, -0.2) is 30.8 Å². The van der Waals surface area contributed by atoms with Crippen LogP contribution in [0.25, 0.3) is 0 Å². The van der Waals surface area contributed by atoms with Gasteiger partial charge in [-0.3, -0.25) is 0 Å². The first-order chi connectivity index (χ1) is 8.86. The summed E-state index contributed by atoms with van der Waals surface area (Å²) in [6, 6.07) is 0. The fraction of sp³-hybridized carbons (Fsp3) is 0.867. The lowest BCUT2D eigenvalue weighted by Gasteiger charge is -2.37. The fourth-order valence-corrected chi connectivity index (χ4v) is 4.17. The largest absolute Gasteiger partial charge is 0.388 e. The van der Waals surface area contributed by atoms with Gasteiger partial charge in [0.2, 0.25) is 0 Å².